The fourth-order valence-electron chi connectivity index (χ4n) is 3.07. The minimum Gasteiger partial charge on any atom is -0.489 e. The van der Waals surface area contributed by atoms with E-state index in [0.29, 0.717) is 33.3 Å². The molecule has 1 aliphatic rings. The van der Waals surface area contributed by atoms with E-state index in [0.717, 1.165) is 5.69 Å². The Labute approximate surface area is 162 Å². The van der Waals surface area contributed by atoms with Gasteiger partial charge in [-0.25, -0.2) is 8.42 Å². The predicted octanol–water partition coefficient (Wildman–Crippen LogP) is 4.20. The summed E-state index contributed by atoms with van der Waals surface area (Å²) in [4.78, 5) is 0.210. The number of aryl methyl sites for hydroxylation is 2. The molecular weight excluding hydrogens is 388 g/mol. The van der Waals surface area contributed by atoms with Crippen LogP contribution in [0.25, 0.3) is 11.3 Å². The summed E-state index contributed by atoms with van der Waals surface area (Å²) in [6.07, 6.45) is 0. The number of rotatable bonds is 3. The van der Waals surface area contributed by atoms with E-state index < -0.39 is 10.0 Å². The number of hydrogen-bond donors (Lipinski definition) is 0. The topological polar surface area (TPSA) is 72.6 Å². The number of halogens is 1. The molecule has 0 saturated carbocycles. The minimum absolute atomic E-state index is 0.209. The quantitative estimate of drug-likeness (QED) is 0.654. The van der Waals surface area contributed by atoms with Gasteiger partial charge in [0.25, 0.3) is 10.0 Å². The Bertz CT molecular complexity index is 1120. The Morgan fingerprint density at radius 3 is 2.67 bits per heavy atom. The van der Waals surface area contributed by atoms with Crippen molar-refractivity contribution in [2.75, 3.05) is 17.5 Å². The van der Waals surface area contributed by atoms with Crippen LogP contribution in [0.3, 0.4) is 0 Å². The molecule has 0 radical (unpaired) electrons. The molecule has 0 unspecified atom stereocenters. The first kappa shape index (κ1) is 17.9. The molecule has 6 nitrogen and oxygen atoms in total. The first-order chi connectivity index (χ1) is 12.9. The van der Waals surface area contributed by atoms with Crippen LogP contribution in [0.1, 0.15) is 11.3 Å². The van der Waals surface area contributed by atoms with Crippen molar-refractivity contribution >= 4 is 27.3 Å². The van der Waals surface area contributed by atoms with E-state index in [1.54, 1.807) is 43.3 Å². The molecule has 1 aliphatic heterocycles. The highest BCUT2D eigenvalue weighted by molar-refractivity contribution is 7.93. The van der Waals surface area contributed by atoms with E-state index in [1.807, 2.05) is 13.0 Å². The maximum Gasteiger partial charge on any atom is 0.264 e. The lowest BCUT2D eigenvalue weighted by Gasteiger charge is -2.31. The average Bonchev–Trinajstić information content (AvgIpc) is 3.07. The van der Waals surface area contributed by atoms with Crippen molar-refractivity contribution < 1.29 is 17.7 Å². The lowest BCUT2D eigenvalue weighted by atomic mass is 10.1. The van der Waals surface area contributed by atoms with Crippen LogP contribution in [0.4, 0.5) is 5.69 Å². The summed E-state index contributed by atoms with van der Waals surface area (Å²) in [7, 11) is -3.81. The molecule has 0 atom stereocenters. The second-order valence-electron chi connectivity index (χ2n) is 6.35. The van der Waals surface area contributed by atoms with E-state index >= 15 is 0 Å². The fraction of sp³-hybridized carbons (Fsp3) is 0.211. The monoisotopic (exact) mass is 404 g/mol. The number of fused-ring (bicyclic) bond motifs is 1. The van der Waals surface area contributed by atoms with Crippen molar-refractivity contribution in [3.8, 4) is 17.1 Å². The SMILES string of the molecule is Cc1cc(-c2ccc(C)c(S(=O)(=O)N3CCOc4ccc(Cl)cc43)c2)on1. The molecule has 0 aliphatic carbocycles. The Balaban J connectivity index is 1.83. The largest absolute Gasteiger partial charge is 0.489 e. The maximum absolute atomic E-state index is 13.5. The first-order valence-corrected chi connectivity index (χ1v) is 10.2. The van der Waals surface area contributed by atoms with Crippen LogP contribution in [-0.2, 0) is 10.0 Å². The molecule has 8 heteroatoms. The minimum atomic E-state index is -3.81. The number of nitrogens with zero attached hydrogens (tertiary/aromatic N) is 2. The third-order valence-corrected chi connectivity index (χ3v) is 6.60. The second-order valence-corrected chi connectivity index (χ2v) is 8.62. The van der Waals surface area contributed by atoms with Gasteiger partial charge in [0.05, 0.1) is 22.8 Å². The molecule has 0 fully saturated rings. The molecule has 2 heterocycles. The van der Waals surface area contributed by atoms with Crippen molar-refractivity contribution in [2.45, 2.75) is 18.7 Å². The van der Waals surface area contributed by atoms with Gasteiger partial charge in [0.15, 0.2) is 5.76 Å². The fourth-order valence-corrected chi connectivity index (χ4v) is 4.94. The molecular formula is C19H17ClN2O4S. The van der Waals surface area contributed by atoms with Crippen molar-refractivity contribution in [1.82, 2.24) is 5.16 Å². The zero-order chi connectivity index (χ0) is 19.2. The van der Waals surface area contributed by atoms with E-state index in [-0.39, 0.29) is 18.0 Å². The van der Waals surface area contributed by atoms with Gasteiger partial charge in [0.1, 0.15) is 12.4 Å². The van der Waals surface area contributed by atoms with E-state index in [2.05, 4.69) is 5.16 Å². The van der Waals surface area contributed by atoms with Crippen molar-refractivity contribution in [3.63, 3.8) is 0 Å². The number of ether oxygens (including phenoxy) is 1. The molecule has 27 heavy (non-hydrogen) atoms. The molecule has 0 saturated heterocycles. The lowest BCUT2D eigenvalue weighted by Crippen LogP contribution is -2.38. The van der Waals surface area contributed by atoms with E-state index in [9.17, 15) is 8.42 Å². The second kappa shape index (κ2) is 6.58. The summed E-state index contributed by atoms with van der Waals surface area (Å²) < 4.78 is 39.1. The van der Waals surface area contributed by atoms with Gasteiger partial charge in [-0.1, -0.05) is 28.9 Å². The standard InChI is InChI=1S/C19H17ClN2O4S/c1-12-3-4-14(18-9-13(2)21-26-18)10-19(12)27(23,24)22-7-8-25-17-6-5-15(20)11-16(17)22/h3-6,9-11H,7-8H2,1-2H3. The van der Waals surface area contributed by atoms with Crippen LogP contribution in [0.2, 0.25) is 5.02 Å². The van der Waals surface area contributed by atoms with Gasteiger partial charge >= 0.3 is 0 Å². The highest BCUT2D eigenvalue weighted by Gasteiger charge is 2.31. The van der Waals surface area contributed by atoms with Gasteiger partial charge in [-0.05, 0) is 43.7 Å². The van der Waals surface area contributed by atoms with Gasteiger partial charge < -0.3 is 9.26 Å². The summed E-state index contributed by atoms with van der Waals surface area (Å²) in [6, 6.07) is 11.9. The molecule has 3 aromatic rings. The molecule has 0 N–H and O–H groups in total. The average molecular weight is 405 g/mol. The van der Waals surface area contributed by atoms with Crippen LogP contribution >= 0.6 is 11.6 Å². The summed E-state index contributed by atoms with van der Waals surface area (Å²) >= 11 is 6.08. The molecule has 2 aromatic carbocycles. The molecule has 0 spiro atoms. The highest BCUT2D eigenvalue weighted by Crippen LogP contribution is 2.38. The normalized spacial score (nSPS) is 14.0. The van der Waals surface area contributed by atoms with Gasteiger partial charge in [-0.3, -0.25) is 4.31 Å². The highest BCUT2D eigenvalue weighted by atomic mass is 35.5. The van der Waals surface area contributed by atoms with E-state index in [4.69, 9.17) is 20.9 Å². The summed E-state index contributed by atoms with van der Waals surface area (Å²) in [5, 5.41) is 4.32. The molecule has 1 aromatic heterocycles. The van der Waals surface area contributed by atoms with E-state index in [1.165, 1.54) is 4.31 Å². The zero-order valence-corrected chi connectivity index (χ0v) is 16.3. The van der Waals surface area contributed by atoms with Crippen molar-refractivity contribution in [2.24, 2.45) is 0 Å². The molecule has 0 bridgehead atoms. The van der Waals surface area contributed by atoms with Crippen LogP contribution in [0.5, 0.6) is 5.75 Å². The number of aromatic nitrogens is 1. The maximum atomic E-state index is 13.5. The van der Waals surface area contributed by atoms with Gasteiger partial charge in [-0.15, -0.1) is 0 Å². The predicted molar refractivity (Wildman–Crippen MR) is 103 cm³/mol. The first-order valence-electron chi connectivity index (χ1n) is 8.36. The lowest BCUT2D eigenvalue weighted by molar-refractivity contribution is 0.316. The summed E-state index contributed by atoms with van der Waals surface area (Å²) in [6.45, 7) is 4.06. The number of sulfonamides is 1. The Kier molecular flexibility index (Phi) is 4.36. The van der Waals surface area contributed by atoms with Crippen molar-refractivity contribution in [1.29, 1.82) is 0 Å². The van der Waals surface area contributed by atoms with Crippen LogP contribution < -0.4 is 9.04 Å². The summed E-state index contributed by atoms with van der Waals surface area (Å²) in [5.41, 5.74) is 2.46. The smallest absolute Gasteiger partial charge is 0.264 e. The van der Waals surface area contributed by atoms with Crippen LogP contribution in [-0.4, -0.2) is 26.7 Å². The molecule has 140 valence electrons. The Morgan fingerprint density at radius 2 is 1.93 bits per heavy atom. The van der Waals surface area contributed by atoms with Gasteiger partial charge in [0.2, 0.25) is 0 Å². The molecule has 4 rings (SSSR count). The number of benzene rings is 2. The van der Waals surface area contributed by atoms with Gasteiger partial charge in [0, 0.05) is 16.7 Å². The number of anilines is 1. The Morgan fingerprint density at radius 1 is 1.11 bits per heavy atom. The van der Waals surface area contributed by atoms with Crippen molar-refractivity contribution in [3.05, 3.63) is 58.7 Å². The molecule has 0 amide bonds. The van der Waals surface area contributed by atoms with Gasteiger partial charge in [-0.2, -0.15) is 0 Å². The van der Waals surface area contributed by atoms with Crippen LogP contribution in [0.15, 0.2) is 51.9 Å². The van der Waals surface area contributed by atoms with Crippen LogP contribution in [0, 0.1) is 13.8 Å². The Hall–Kier alpha value is -2.51. The summed E-state index contributed by atoms with van der Waals surface area (Å²) in [5.74, 6) is 1.02. The zero-order valence-electron chi connectivity index (χ0n) is 14.8. The number of hydrogen-bond acceptors (Lipinski definition) is 5. The third-order valence-electron chi connectivity index (χ3n) is 4.41. The third kappa shape index (κ3) is 3.17.